The highest BCUT2D eigenvalue weighted by atomic mass is 16.4. The summed E-state index contributed by atoms with van der Waals surface area (Å²) >= 11 is 0. The van der Waals surface area contributed by atoms with Crippen LogP contribution in [0.2, 0.25) is 0 Å². The van der Waals surface area contributed by atoms with Crippen LogP contribution in [0.25, 0.3) is 0 Å². The Morgan fingerprint density at radius 3 is 2.00 bits per heavy atom. The Labute approximate surface area is 121 Å². The monoisotopic (exact) mass is 285 g/mol. The van der Waals surface area contributed by atoms with Gasteiger partial charge >= 0.3 is 11.9 Å². The van der Waals surface area contributed by atoms with Crippen molar-refractivity contribution in [3.8, 4) is 0 Å². The van der Waals surface area contributed by atoms with Crippen molar-refractivity contribution < 1.29 is 19.8 Å². The summed E-state index contributed by atoms with van der Waals surface area (Å²) in [6.45, 7) is 4.74. The number of aliphatic carboxylic acids is 2. The lowest BCUT2D eigenvalue weighted by atomic mass is 9.75. The number of rotatable bonds is 8. The minimum atomic E-state index is -0.959. The average molecular weight is 285 g/mol. The lowest BCUT2D eigenvalue weighted by Crippen LogP contribution is -2.39. The molecule has 0 aromatic carbocycles. The lowest BCUT2D eigenvalue weighted by Gasteiger charge is -2.34. The lowest BCUT2D eigenvalue weighted by molar-refractivity contribution is -0.142. The summed E-state index contributed by atoms with van der Waals surface area (Å²) in [5, 5.41) is 17.7. The van der Waals surface area contributed by atoms with Crippen molar-refractivity contribution >= 4 is 11.9 Å². The Morgan fingerprint density at radius 2 is 1.60 bits per heavy atom. The summed E-state index contributed by atoms with van der Waals surface area (Å²) < 4.78 is 0. The molecule has 0 bridgehead atoms. The normalized spacial score (nSPS) is 24.6. The van der Waals surface area contributed by atoms with E-state index in [0.29, 0.717) is 12.5 Å². The fourth-order valence-corrected chi connectivity index (χ4v) is 3.21. The molecule has 0 saturated heterocycles. The molecule has 0 heterocycles. The van der Waals surface area contributed by atoms with Crippen LogP contribution < -0.4 is 0 Å². The van der Waals surface area contributed by atoms with Crippen molar-refractivity contribution in [1.82, 2.24) is 4.90 Å². The Kier molecular flexibility index (Phi) is 6.99. The van der Waals surface area contributed by atoms with E-state index in [-0.39, 0.29) is 13.1 Å². The van der Waals surface area contributed by atoms with Crippen molar-refractivity contribution in [2.24, 2.45) is 17.8 Å². The number of nitrogens with zero attached hydrogens (tertiary/aromatic N) is 1. The van der Waals surface area contributed by atoms with Gasteiger partial charge < -0.3 is 10.2 Å². The van der Waals surface area contributed by atoms with Gasteiger partial charge in [-0.2, -0.15) is 0 Å². The minimum absolute atomic E-state index is 0.183. The first-order valence-corrected chi connectivity index (χ1v) is 7.58. The van der Waals surface area contributed by atoms with E-state index in [1.54, 1.807) is 4.90 Å². The summed E-state index contributed by atoms with van der Waals surface area (Å²) in [5.41, 5.74) is 0. The van der Waals surface area contributed by atoms with Crippen LogP contribution in [0.15, 0.2) is 0 Å². The summed E-state index contributed by atoms with van der Waals surface area (Å²) in [4.78, 5) is 23.1. The van der Waals surface area contributed by atoms with Gasteiger partial charge in [0.05, 0.1) is 13.1 Å². The molecule has 1 unspecified atom stereocenters. The standard InChI is InChI=1S/C15H27NO4/c1-3-11(2)13-6-4-12(5-7-13)8-16(9-14(17)18)10-15(19)20/h11-13H,3-10H2,1-2H3,(H,17,18)(H,19,20). The Hall–Kier alpha value is -1.10. The molecule has 116 valence electrons. The summed E-state index contributed by atoms with van der Waals surface area (Å²) in [7, 11) is 0. The van der Waals surface area contributed by atoms with E-state index in [9.17, 15) is 9.59 Å². The van der Waals surface area contributed by atoms with Gasteiger partial charge in [0.1, 0.15) is 0 Å². The van der Waals surface area contributed by atoms with Gasteiger partial charge in [-0.25, -0.2) is 0 Å². The molecule has 1 aliphatic rings. The highest BCUT2D eigenvalue weighted by molar-refractivity contribution is 5.72. The van der Waals surface area contributed by atoms with Crippen molar-refractivity contribution in [2.45, 2.75) is 46.0 Å². The number of carbonyl (C=O) groups is 2. The van der Waals surface area contributed by atoms with E-state index in [1.165, 1.54) is 19.3 Å². The molecule has 0 aromatic heterocycles. The fraction of sp³-hybridized carbons (Fsp3) is 0.867. The second-order valence-corrected chi connectivity index (χ2v) is 6.12. The molecule has 0 radical (unpaired) electrons. The van der Waals surface area contributed by atoms with Crippen LogP contribution in [0.5, 0.6) is 0 Å². The van der Waals surface area contributed by atoms with Gasteiger partial charge in [0, 0.05) is 6.54 Å². The molecule has 1 fully saturated rings. The summed E-state index contributed by atoms with van der Waals surface area (Å²) in [6.07, 6.45) is 5.76. The number of carboxylic acids is 2. The Bertz CT molecular complexity index is 308. The molecule has 20 heavy (non-hydrogen) atoms. The third-order valence-electron chi connectivity index (χ3n) is 4.57. The third kappa shape index (κ3) is 5.90. The molecule has 1 aliphatic carbocycles. The van der Waals surface area contributed by atoms with Crippen molar-refractivity contribution in [2.75, 3.05) is 19.6 Å². The second kappa shape index (κ2) is 8.25. The molecule has 0 spiro atoms. The molecule has 0 amide bonds. The van der Waals surface area contributed by atoms with Crippen molar-refractivity contribution in [3.63, 3.8) is 0 Å². The predicted octanol–water partition coefficient (Wildman–Crippen LogP) is 2.31. The fourth-order valence-electron chi connectivity index (χ4n) is 3.21. The molecule has 5 heteroatoms. The molecule has 1 rings (SSSR count). The average Bonchev–Trinajstić information content (AvgIpc) is 2.37. The zero-order valence-corrected chi connectivity index (χ0v) is 12.5. The van der Waals surface area contributed by atoms with Crippen LogP contribution in [0.3, 0.4) is 0 Å². The quantitative estimate of drug-likeness (QED) is 0.715. The van der Waals surface area contributed by atoms with Crippen LogP contribution in [0, 0.1) is 17.8 Å². The van der Waals surface area contributed by atoms with E-state index < -0.39 is 11.9 Å². The first kappa shape index (κ1) is 17.0. The van der Waals surface area contributed by atoms with Gasteiger partial charge in [-0.3, -0.25) is 14.5 Å². The van der Waals surface area contributed by atoms with E-state index >= 15 is 0 Å². The zero-order chi connectivity index (χ0) is 15.1. The first-order valence-electron chi connectivity index (χ1n) is 7.58. The Morgan fingerprint density at radius 1 is 1.10 bits per heavy atom. The van der Waals surface area contributed by atoms with Crippen LogP contribution in [-0.4, -0.2) is 46.7 Å². The minimum Gasteiger partial charge on any atom is -0.480 e. The van der Waals surface area contributed by atoms with Gasteiger partial charge in [0.25, 0.3) is 0 Å². The number of hydrogen-bond acceptors (Lipinski definition) is 3. The topological polar surface area (TPSA) is 77.8 Å². The molecular formula is C15H27NO4. The van der Waals surface area contributed by atoms with Gasteiger partial charge in [0.2, 0.25) is 0 Å². The molecule has 0 aliphatic heterocycles. The summed E-state index contributed by atoms with van der Waals surface area (Å²) in [6, 6.07) is 0. The maximum Gasteiger partial charge on any atom is 0.317 e. The largest absolute Gasteiger partial charge is 0.480 e. The van der Waals surface area contributed by atoms with Crippen LogP contribution in [0.4, 0.5) is 0 Å². The van der Waals surface area contributed by atoms with Gasteiger partial charge in [-0.05, 0) is 43.4 Å². The molecule has 0 aromatic rings. The van der Waals surface area contributed by atoms with E-state index in [4.69, 9.17) is 10.2 Å². The van der Waals surface area contributed by atoms with Gasteiger partial charge in [-0.15, -0.1) is 0 Å². The molecule has 1 saturated carbocycles. The van der Waals surface area contributed by atoms with Gasteiger partial charge in [-0.1, -0.05) is 20.3 Å². The highest BCUT2D eigenvalue weighted by Crippen LogP contribution is 2.34. The smallest absolute Gasteiger partial charge is 0.317 e. The maximum absolute atomic E-state index is 10.8. The third-order valence-corrected chi connectivity index (χ3v) is 4.57. The molecule has 2 N–H and O–H groups in total. The SMILES string of the molecule is CCC(C)C1CCC(CN(CC(=O)O)CC(=O)O)CC1. The van der Waals surface area contributed by atoms with Crippen LogP contribution >= 0.6 is 0 Å². The predicted molar refractivity (Wildman–Crippen MR) is 76.6 cm³/mol. The second-order valence-electron chi connectivity index (χ2n) is 6.12. The molecule has 5 nitrogen and oxygen atoms in total. The Balaban J connectivity index is 2.42. The molecular weight excluding hydrogens is 258 g/mol. The highest BCUT2D eigenvalue weighted by Gasteiger charge is 2.26. The number of hydrogen-bond donors (Lipinski definition) is 2. The van der Waals surface area contributed by atoms with E-state index in [2.05, 4.69) is 13.8 Å². The van der Waals surface area contributed by atoms with Crippen LogP contribution in [-0.2, 0) is 9.59 Å². The van der Waals surface area contributed by atoms with Crippen molar-refractivity contribution in [1.29, 1.82) is 0 Å². The van der Waals surface area contributed by atoms with E-state index in [0.717, 1.165) is 24.7 Å². The van der Waals surface area contributed by atoms with E-state index in [1.807, 2.05) is 0 Å². The van der Waals surface area contributed by atoms with Crippen LogP contribution in [0.1, 0.15) is 46.0 Å². The zero-order valence-electron chi connectivity index (χ0n) is 12.5. The van der Waals surface area contributed by atoms with Crippen molar-refractivity contribution in [3.05, 3.63) is 0 Å². The maximum atomic E-state index is 10.8. The number of carboxylic acid groups (broad SMARTS) is 2. The molecule has 1 atom stereocenters. The summed E-state index contributed by atoms with van der Waals surface area (Å²) in [5.74, 6) is 0.0572. The van der Waals surface area contributed by atoms with Gasteiger partial charge in [0.15, 0.2) is 0 Å². The first-order chi connectivity index (χ1) is 9.42.